The lowest BCUT2D eigenvalue weighted by Crippen LogP contribution is -2.11. The normalized spacial score (nSPS) is 10.3. The molecule has 2 N–H and O–H groups in total. The first-order valence-corrected chi connectivity index (χ1v) is 6.40. The van der Waals surface area contributed by atoms with E-state index >= 15 is 0 Å². The predicted octanol–water partition coefficient (Wildman–Crippen LogP) is 4.15. The SMILES string of the molecule is NC(=S)c1cc(F)ccc1Oc1ccc(F)c(Br)c1. The van der Waals surface area contributed by atoms with Gasteiger partial charge in [0.15, 0.2) is 0 Å². The second-order valence-electron chi connectivity index (χ2n) is 3.68. The first-order valence-electron chi connectivity index (χ1n) is 5.19. The van der Waals surface area contributed by atoms with E-state index in [0.29, 0.717) is 11.5 Å². The van der Waals surface area contributed by atoms with Gasteiger partial charge in [-0.25, -0.2) is 8.78 Å². The summed E-state index contributed by atoms with van der Waals surface area (Å²) in [4.78, 5) is 0.0238. The molecule has 2 aromatic rings. The van der Waals surface area contributed by atoms with Gasteiger partial charge in [0.2, 0.25) is 0 Å². The van der Waals surface area contributed by atoms with Crippen LogP contribution in [-0.4, -0.2) is 4.99 Å². The Hall–Kier alpha value is -1.53. The van der Waals surface area contributed by atoms with Crippen molar-refractivity contribution in [3.8, 4) is 11.5 Å². The third-order valence-electron chi connectivity index (χ3n) is 2.33. The van der Waals surface area contributed by atoms with E-state index in [9.17, 15) is 8.78 Å². The lowest BCUT2D eigenvalue weighted by molar-refractivity contribution is 0.477. The first-order chi connectivity index (χ1) is 8.97. The Balaban J connectivity index is 2.37. The third-order valence-corrected chi connectivity index (χ3v) is 3.15. The van der Waals surface area contributed by atoms with Crippen LogP contribution in [0.5, 0.6) is 11.5 Å². The summed E-state index contributed by atoms with van der Waals surface area (Å²) in [6.45, 7) is 0. The van der Waals surface area contributed by atoms with E-state index in [4.69, 9.17) is 22.7 Å². The van der Waals surface area contributed by atoms with Crippen LogP contribution in [0, 0.1) is 11.6 Å². The number of hydrogen-bond acceptors (Lipinski definition) is 2. The summed E-state index contributed by atoms with van der Waals surface area (Å²) < 4.78 is 32.0. The highest BCUT2D eigenvalue weighted by Crippen LogP contribution is 2.29. The zero-order valence-electron chi connectivity index (χ0n) is 9.49. The molecule has 2 nitrogen and oxygen atoms in total. The number of halogens is 3. The molecular weight excluding hydrogens is 336 g/mol. The highest BCUT2D eigenvalue weighted by molar-refractivity contribution is 9.10. The largest absolute Gasteiger partial charge is 0.457 e. The van der Waals surface area contributed by atoms with E-state index in [-0.39, 0.29) is 15.0 Å². The van der Waals surface area contributed by atoms with E-state index in [1.807, 2.05) is 0 Å². The first kappa shape index (κ1) is 13.9. The van der Waals surface area contributed by atoms with Crippen LogP contribution in [0.3, 0.4) is 0 Å². The molecule has 6 heteroatoms. The van der Waals surface area contributed by atoms with Gasteiger partial charge in [0.25, 0.3) is 0 Å². The number of rotatable bonds is 3. The van der Waals surface area contributed by atoms with E-state index in [0.717, 1.165) is 0 Å². The standard InChI is InChI=1S/C13H8BrF2NOS/c14-10-6-8(2-3-11(10)16)18-12-4-1-7(15)5-9(12)13(17)19/h1-6H,(H2,17,19). The Kier molecular flexibility index (Phi) is 4.11. The maximum absolute atomic E-state index is 13.1. The van der Waals surface area contributed by atoms with Crippen molar-refractivity contribution in [1.29, 1.82) is 0 Å². The molecule has 0 aliphatic carbocycles. The topological polar surface area (TPSA) is 35.2 Å². The molecule has 2 rings (SSSR count). The van der Waals surface area contributed by atoms with Crippen molar-refractivity contribution in [1.82, 2.24) is 0 Å². The molecule has 0 saturated heterocycles. The van der Waals surface area contributed by atoms with Crippen molar-refractivity contribution in [3.63, 3.8) is 0 Å². The number of ether oxygens (including phenoxy) is 1. The number of benzene rings is 2. The Bertz CT molecular complexity index is 649. The van der Waals surface area contributed by atoms with Gasteiger partial charge in [-0.05, 0) is 52.3 Å². The molecule has 0 saturated carbocycles. The molecular formula is C13H8BrF2NOS. The second-order valence-corrected chi connectivity index (χ2v) is 4.98. The Morgan fingerprint density at radius 1 is 1.16 bits per heavy atom. The Morgan fingerprint density at radius 3 is 2.53 bits per heavy atom. The monoisotopic (exact) mass is 343 g/mol. The number of thiocarbonyl (C=S) groups is 1. The lowest BCUT2D eigenvalue weighted by Gasteiger charge is -2.10. The molecule has 0 spiro atoms. The predicted molar refractivity (Wildman–Crippen MR) is 76.5 cm³/mol. The fraction of sp³-hybridized carbons (Fsp3) is 0. The average molecular weight is 344 g/mol. The highest BCUT2D eigenvalue weighted by atomic mass is 79.9. The van der Waals surface area contributed by atoms with Crippen LogP contribution in [0.15, 0.2) is 40.9 Å². The number of hydrogen-bond donors (Lipinski definition) is 1. The smallest absolute Gasteiger partial charge is 0.137 e. The summed E-state index contributed by atoms with van der Waals surface area (Å²) in [5, 5.41) is 0. The van der Waals surface area contributed by atoms with Crippen molar-refractivity contribution >= 4 is 33.1 Å². The van der Waals surface area contributed by atoms with Crippen molar-refractivity contribution in [3.05, 3.63) is 58.1 Å². The Labute approximate surface area is 122 Å². The minimum absolute atomic E-state index is 0.0238. The van der Waals surface area contributed by atoms with Crippen molar-refractivity contribution in [2.24, 2.45) is 5.73 Å². The minimum Gasteiger partial charge on any atom is -0.457 e. The summed E-state index contributed by atoms with van der Waals surface area (Å²) >= 11 is 7.89. The van der Waals surface area contributed by atoms with Gasteiger partial charge < -0.3 is 10.5 Å². The molecule has 0 aliphatic heterocycles. The van der Waals surface area contributed by atoms with Crippen LogP contribution >= 0.6 is 28.1 Å². The van der Waals surface area contributed by atoms with Gasteiger partial charge in [0.05, 0.1) is 10.0 Å². The lowest BCUT2D eigenvalue weighted by atomic mass is 10.2. The zero-order valence-corrected chi connectivity index (χ0v) is 11.9. The van der Waals surface area contributed by atoms with E-state index < -0.39 is 11.6 Å². The molecule has 19 heavy (non-hydrogen) atoms. The van der Waals surface area contributed by atoms with Gasteiger partial charge >= 0.3 is 0 Å². The third kappa shape index (κ3) is 3.27. The average Bonchev–Trinajstić information content (AvgIpc) is 2.36. The molecule has 0 atom stereocenters. The van der Waals surface area contributed by atoms with Crippen LogP contribution in [0.1, 0.15) is 5.56 Å². The second kappa shape index (κ2) is 5.63. The van der Waals surface area contributed by atoms with Crippen LogP contribution in [0.2, 0.25) is 0 Å². The van der Waals surface area contributed by atoms with Crippen LogP contribution < -0.4 is 10.5 Å². The number of nitrogens with two attached hydrogens (primary N) is 1. The maximum atomic E-state index is 13.1. The molecule has 0 aromatic heterocycles. The minimum atomic E-state index is -0.463. The van der Waals surface area contributed by atoms with Gasteiger partial charge in [-0.15, -0.1) is 0 Å². The van der Waals surface area contributed by atoms with Crippen LogP contribution in [-0.2, 0) is 0 Å². The summed E-state index contributed by atoms with van der Waals surface area (Å²) in [5.41, 5.74) is 5.79. The Morgan fingerprint density at radius 2 is 1.89 bits per heavy atom. The summed E-state index contributed by atoms with van der Waals surface area (Å²) in [6.07, 6.45) is 0. The van der Waals surface area contributed by atoms with Gasteiger partial charge in [0.1, 0.15) is 28.1 Å². The summed E-state index contributed by atoms with van der Waals surface area (Å²) in [5.74, 6) is -0.166. The van der Waals surface area contributed by atoms with Crippen molar-refractivity contribution in [2.45, 2.75) is 0 Å². The van der Waals surface area contributed by atoms with Crippen molar-refractivity contribution in [2.75, 3.05) is 0 Å². The molecule has 0 bridgehead atoms. The summed E-state index contributed by atoms with van der Waals surface area (Å²) in [6, 6.07) is 8.01. The van der Waals surface area contributed by atoms with E-state index in [2.05, 4.69) is 15.9 Å². The van der Waals surface area contributed by atoms with Crippen LogP contribution in [0.4, 0.5) is 8.78 Å². The fourth-order valence-corrected chi connectivity index (χ4v) is 1.97. The molecule has 2 aromatic carbocycles. The van der Waals surface area contributed by atoms with Gasteiger partial charge in [-0.1, -0.05) is 12.2 Å². The highest BCUT2D eigenvalue weighted by Gasteiger charge is 2.10. The van der Waals surface area contributed by atoms with Gasteiger partial charge in [0, 0.05) is 0 Å². The van der Waals surface area contributed by atoms with E-state index in [1.165, 1.54) is 36.4 Å². The molecule has 0 amide bonds. The fourth-order valence-electron chi connectivity index (χ4n) is 1.45. The molecule has 0 fully saturated rings. The molecule has 0 radical (unpaired) electrons. The van der Waals surface area contributed by atoms with E-state index in [1.54, 1.807) is 0 Å². The molecule has 0 unspecified atom stereocenters. The quantitative estimate of drug-likeness (QED) is 0.850. The zero-order chi connectivity index (χ0) is 14.0. The van der Waals surface area contributed by atoms with Gasteiger partial charge in [-0.3, -0.25) is 0 Å². The molecule has 0 heterocycles. The van der Waals surface area contributed by atoms with Gasteiger partial charge in [-0.2, -0.15) is 0 Å². The summed E-state index contributed by atoms with van der Waals surface area (Å²) in [7, 11) is 0. The van der Waals surface area contributed by atoms with Crippen LogP contribution in [0.25, 0.3) is 0 Å². The van der Waals surface area contributed by atoms with Crippen molar-refractivity contribution < 1.29 is 13.5 Å². The molecule has 0 aliphatic rings. The maximum Gasteiger partial charge on any atom is 0.137 e. The molecule has 98 valence electrons.